The van der Waals surface area contributed by atoms with Crippen molar-refractivity contribution in [1.82, 2.24) is 19.9 Å². The minimum Gasteiger partial charge on any atom is -0.369 e. The van der Waals surface area contributed by atoms with Crippen molar-refractivity contribution in [3.63, 3.8) is 0 Å². The second-order valence-electron chi connectivity index (χ2n) is 6.15. The monoisotopic (exact) mass is 348 g/mol. The molecule has 2 N–H and O–H groups in total. The van der Waals surface area contributed by atoms with Crippen LogP contribution in [0.25, 0.3) is 11.3 Å². The molecule has 0 unspecified atom stereocenters. The number of aromatic nitrogens is 4. The topological polar surface area (TPSA) is 75.6 Å². The second-order valence-corrected chi connectivity index (χ2v) is 6.15. The molecule has 3 rings (SSSR count). The van der Waals surface area contributed by atoms with E-state index in [2.05, 4.69) is 44.4 Å². The van der Waals surface area contributed by atoms with Crippen LogP contribution in [0.15, 0.2) is 55.0 Å². The van der Waals surface area contributed by atoms with Gasteiger partial charge in [-0.05, 0) is 37.6 Å². The van der Waals surface area contributed by atoms with E-state index < -0.39 is 0 Å². The van der Waals surface area contributed by atoms with Crippen LogP contribution in [0.4, 0.5) is 11.8 Å². The van der Waals surface area contributed by atoms with Gasteiger partial charge in [0.05, 0.1) is 5.69 Å². The van der Waals surface area contributed by atoms with Crippen molar-refractivity contribution in [3.8, 4) is 11.3 Å². The van der Waals surface area contributed by atoms with Crippen LogP contribution < -0.4 is 10.6 Å². The second kappa shape index (κ2) is 8.89. The number of pyridine rings is 2. The average Bonchev–Trinajstić information content (AvgIpc) is 2.69. The van der Waals surface area contributed by atoms with Crippen LogP contribution in [0.1, 0.15) is 26.0 Å². The van der Waals surface area contributed by atoms with Crippen LogP contribution in [-0.4, -0.2) is 32.5 Å². The molecule has 0 spiro atoms. The predicted molar refractivity (Wildman–Crippen MR) is 105 cm³/mol. The largest absolute Gasteiger partial charge is 0.369 e. The smallest absolute Gasteiger partial charge is 0.225 e. The molecule has 0 aliphatic carbocycles. The molecule has 134 valence electrons. The van der Waals surface area contributed by atoms with E-state index in [0.717, 1.165) is 42.2 Å². The minimum absolute atomic E-state index is 0.309. The van der Waals surface area contributed by atoms with Gasteiger partial charge in [0.1, 0.15) is 5.82 Å². The maximum Gasteiger partial charge on any atom is 0.225 e. The fourth-order valence-corrected chi connectivity index (χ4v) is 2.46. The molecule has 0 saturated heterocycles. The van der Waals surface area contributed by atoms with Crippen LogP contribution in [0, 0.1) is 0 Å². The summed E-state index contributed by atoms with van der Waals surface area (Å²) in [6.07, 6.45) is 7.20. The number of nitrogens with zero attached hydrogens (tertiary/aromatic N) is 4. The summed E-state index contributed by atoms with van der Waals surface area (Å²) >= 11 is 0. The molecule has 6 heteroatoms. The maximum absolute atomic E-state index is 4.66. The third-order valence-electron chi connectivity index (χ3n) is 4.10. The van der Waals surface area contributed by atoms with E-state index in [9.17, 15) is 0 Å². The van der Waals surface area contributed by atoms with Gasteiger partial charge >= 0.3 is 0 Å². The highest BCUT2D eigenvalue weighted by molar-refractivity contribution is 5.63. The Morgan fingerprint density at radius 1 is 1.04 bits per heavy atom. The van der Waals surface area contributed by atoms with Crippen molar-refractivity contribution in [2.24, 2.45) is 0 Å². The molecule has 3 heterocycles. The first kappa shape index (κ1) is 17.8. The third kappa shape index (κ3) is 4.99. The van der Waals surface area contributed by atoms with Gasteiger partial charge in [-0.25, -0.2) is 4.98 Å². The molecule has 0 bridgehead atoms. The van der Waals surface area contributed by atoms with Gasteiger partial charge < -0.3 is 10.6 Å². The van der Waals surface area contributed by atoms with E-state index in [0.29, 0.717) is 12.0 Å². The summed E-state index contributed by atoms with van der Waals surface area (Å²) in [7, 11) is 0. The highest BCUT2D eigenvalue weighted by Gasteiger charge is 2.09. The van der Waals surface area contributed by atoms with Crippen molar-refractivity contribution in [2.75, 3.05) is 17.2 Å². The molecular weight excluding hydrogens is 324 g/mol. The number of nitrogens with one attached hydrogen (secondary N) is 2. The molecule has 0 aromatic carbocycles. The summed E-state index contributed by atoms with van der Waals surface area (Å²) in [6.45, 7) is 5.01. The molecule has 0 aliphatic heterocycles. The van der Waals surface area contributed by atoms with Crippen LogP contribution >= 0.6 is 0 Å². The Kier molecular flexibility index (Phi) is 6.09. The SMILES string of the molecule is CC[C@H](C)Nc1nc(NCCc2ccccn2)cc(-c2ccncc2)n1. The number of rotatable bonds is 8. The molecule has 3 aromatic heterocycles. The van der Waals surface area contributed by atoms with Crippen molar-refractivity contribution in [1.29, 1.82) is 0 Å². The zero-order chi connectivity index (χ0) is 18.2. The Hall–Kier alpha value is -3.02. The lowest BCUT2D eigenvalue weighted by atomic mass is 10.2. The van der Waals surface area contributed by atoms with E-state index in [1.165, 1.54) is 0 Å². The molecule has 0 amide bonds. The van der Waals surface area contributed by atoms with E-state index in [1.807, 2.05) is 42.6 Å². The Morgan fingerprint density at radius 2 is 1.88 bits per heavy atom. The lowest BCUT2D eigenvalue weighted by Crippen LogP contribution is -2.17. The van der Waals surface area contributed by atoms with Crippen molar-refractivity contribution in [3.05, 3.63) is 60.7 Å². The Labute approximate surface area is 154 Å². The summed E-state index contributed by atoms with van der Waals surface area (Å²) in [5.74, 6) is 1.43. The van der Waals surface area contributed by atoms with Gasteiger partial charge in [-0.3, -0.25) is 9.97 Å². The molecule has 1 atom stereocenters. The average molecular weight is 348 g/mol. The first-order valence-electron chi connectivity index (χ1n) is 8.94. The maximum atomic E-state index is 4.66. The lowest BCUT2D eigenvalue weighted by molar-refractivity contribution is 0.753. The summed E-state index contributed by atoms with van der Waals surface area (Å²) in [5.41, 5.74) is 2.94. The molecule has 6 nitrogen and oxygen atoms in total. The van der Waals surface area contributed by atoms with E-state index in [1.54, 1.807) is 12.4 Å². The fourth-order valence-electron chi connectivity index (χ4n) is 2.46. The number of hydrogen-bond acceptors (Lipinski definition) is 6. The fraction of sp³-hybridized carbons (Fsp3) is 0.300. The highest BCUT2D eigenvalue weighted by Crippen LogP contribution is 2.21. The molecule has 0 fully saturated rings. The molecule has 0 saturated carbocycles. The molecule has 3 aromatic rings. The molecule has 0 radical (unpaired) electrons. The van der Waals surface area contributed by atoms with E-state index >= 15 is 0 Å². The van der Waals surface area contributed by atoms with Crippen molar-refractivity contribution >= 4 is 11.8 Å². The number of anilines is 2. The van der Waals surface area contributed by atoms with Gasteiger partial charge in [-0.15, -0.1) is 0 Å². The third-order valence-corrected chi connectivity index (χ3v) is 4.10. The van der Waals surface area contributed by atoms with Gasteiger partial charge in [0.2, 0.25) is 5.95 Å². The van der Waals surface area contributed by atoms with Gasteiger partial charge in [0.25, 0.3) is 0 Å². The van der Waals surface area contributed by atoms with Crippen LogP contribution in [0.5, 0.6) is 0 Å². The van der Waals surface area contributed by atoms with Crippen molar-refractivity contribution in [2.45, 2.75) is 32.7 Å². The summed E-state index contributed by atoms with van der Waals surface area (Å²) in [5, 5.41) is 6.75. The van der Waals surface area contributed by atoms with Crippen LogP contribution in [0.3, 0.4) is 0 Å². The zero-order valence-corrected chi connectivity index (χ0v) is 15.2. The van der Waals surface area contributed by atoms with Crippen molar-refractivity contribution < 1.29 is 0 Å². The van der Waals surface area contributed by atoms with Gasteiger partial charge in [-0.2, -0.15) is 4.98 Å². The van der Waals surface area contributed by atoms with E-state index in [-0.39, 0.29) is 0 Å². The highest BCUT2D eigenvalue weighted by atomic mass is 15.2. The zero-order valence-electron chi connectivity index (χ0n) is 15.2. The van der Waals surface area contributed by atoms with Gasteiger partial charge in [-0.1, -0.05) is 13.0 Å². The Morgan fingerprint density at radius 3 is 2.62 bits per heavy atom. The van der Waals surface area contributed by atoms with Crippen LogP contribution in [-0.2, 0) is 6.42 Å². The molecular formula is C20H24N6. The minimum atomic E-state index is 0.309. The summed E-state index contributed by atoms with van der Waals surface area (Å²) in [6, 6.07) is 12.1. The normalized spacial score (nSPS) is 11.8. The Balaban J connectivity index is 1.77. The quantitative estimate of drug-likeness (QED) is 0.645. The standard InChI is InChI=1S/C20H24N6/c1-3-15(2)24-20-25-18(16-7-11-21-12-8-16)14-19(26-20)23-13-9-17-6-4-5-10-22-17/h4-8,10-12,14-15H,3,9,13H2,1-2H3,(H2,23,24,25,26)/t15-/m0/s1. The molecule has 0 aliphatic rings. The number of hydrogen-bond donors (Lipinski definition) is 2. The first-order valence-corrected chi connectivity index (χ1v) is 8.94. The van der Waals surface area contributed by atoms with Gasteiger partial charge in [0, 0.05) is 54.9 Å². The summed E-state index contributed by atoms with van der Waals surface area (Å²) < 4.78 is 0. The molecule has 26 heavy (non-hydrogen) atoms. The van der Waals surface area contributed by atoms with Crippen LogP contribution in [0.2, 0.25) is 0 Å². The van der Waals surface area contributed by atoms with E-state index in [4.69, 9.17) is 0 Å². The van der Waals surface area contributed by atoms with Gasteiger partial charge in [0.15, 0.2) is 0 Å². The Bertz CT molecular complexity index is 807. The summed E-state index contributed by atoms with van der Waals surface area (Å²) in [4.78, 5) is 17.7. The lowest BCUT2D eigenvalue weighted by Gasteiger charge is -2.14. The predicted octanol–water partition coefficient (Wildman–Crippen LogP) is 3.80. The first-order chi connectivity index (χ1) is 12.7.